The van der Waals surface area contributed by atoms with E-state index in [1.807, 2.05) is 24.3 Å². The van der Waals surface area contributed by atoms with E-state index < -0.39 is 16.0 Å². The van der Waals surface area contributed by atoms with Crippen LogP contribution in [0.4, 0.5) is 5.69 Å². The lowest BCUT2D eigenvalue weighted by molar-refractivity contribution is 0.0599. The van der Waals surface area contributed by atoms with E-state index in [0.717, 1.165) is 18.7 Å². The monoisotopic (exact) mass is 416 g/mol. The zero-order valence-electron chi connectivity index (χ0n) is 17.1. The molecule has 1 aliphatic rings. The topological polar surface area (TPSA) is 75.7 Å². The van der Waals surface area contributed by atoms with E-state index in [9.17, 15) is 13.2 Å². The van der Waals surface area contributed by atoms with Crippen molar-refractivity contribution in [2.45, 2.75) is 38.1 Å². The summed E-state index contributed by atoms with van der Waals surface area (Å²) in [4.78, 5) is 14.3. The molecule has 1 saturated heterocycles. The van der Waals surface area contributed by atoms with Gasteiger partial charge in [0.1, 0.15) is 0 Å². The maximum absolute atomic E-state index is 12.7. The van der Waals surface area contributed by atoms with Crippen molar-refractivity contribution in [2.75, 3.05) is 25.1 Å². The Morgan fingerprint density at radius 1 is 1.21 bits per heavy atom. The highest BCUT2D eigenvalue weighted by molar-refractivity contribution is 7.89. The number of nitrogens with one attached hydrogen (secondary N) is 1. The van der Waals surface area contributed by atoms with Crippen LogP contribution < -0.4 is 9.62 Å². The van der Waals surface area contributed by atoms with Gasteiger partial charge in [0.15, 0.2) is 0 Å². The summed E-state index contributed by atoms with van der Waals surface area (Å²) in [6.45, 7) is 6.31. The Labute approximate surface area is 172 Å². The SMILES string of the molecule is COC(=O)c1cc(S(=O)(=O)NCc2ccc(N3CCCC(C)C3)cc2)ccc1C. The number of piperidine rings is 1. The van der Waals surface area contributed by atoms with Gasteiger partial charge in [0.05, 0.1) is 17.6 Å². The van der Waals surface area contributed by atoms with Crippen molar-refractivity contribution in [2.24, 2.45) is 5.92 Å². The van der Waals surface area contributed by atoms with E-state index in [-0.39, 0.29) is 17.0 Å². The summed E-state index contributed by atoms with van der Waals surface area (Å²) in [5.74, 6) is 0.141. The van der Waals surface area contributed by atoms with Gasteiger partial charge in [-0.1, -0.05) is 25.1 Å². The fraction of sp³-hybridized carbons (Fsp3) is 0.409. The summed E-state index contributed by atoms with van der Waals surface area (Å²) in [5.41, 5.74) is 2.96. The second kappa shape index (κ2) is 8.97. The van der Waals surface area contributed by atoms with Crippen molar-refractivity contribution in [3.8, 4) is 0 Å². The third-order valence-corrected chi connectivity index (χ3v) is 6.75. The van der Waals surface area contributed by atoms with Gasteiger partial charge in [-0.25, -0.2) is 17.9 Å². The van der Waals surface area contributed by atoms with Crippen LogP contribution in [0, 0.1) is 12.8 Å². The van der Waals surface area contributed by atoms with Crippen LogP contribution >= 0.6 is 0 Å². The molecule has 2 aromatic carbocycles. The minimum absolute atomic E-state index is 0.0439. The number of ether oxygens (including phenoxy) is 1. The molecule has 0 aromatic heterocycles. The highest BCUT2D eigenvalue weighted by Gasteiger charge is 2.19. The van der Waals surface area contributed by atoms with E-state index in [0.29, 0.717) is 11.5 Å². The summed E-state index contributed by atoms with van der Waals surface area (Å²) in [6.07, 6.45) is 2.47. The number of esters is 1. The molecule has 1 fully saturated rings. The first-order chi connectivity index (χ1) is 13.8. The van der Waals surface area contributed by atoms with Crippen molar-refractivity contribution < 1.29 is 17.9 Å². The van der Waals surface area contributed by atoms with Crippen LogP contribution in [-0.2, 0) is 21.3 Å². The number of carbonyl (C=O) groups excluding carboxylic acids is 1. The smallest absolute Gasteiger partial charge is 0.338 e. The molecule has 0 saturated carbocycles. The maximum atomic E-state index is 12.7. The molecular weight excluding hydrogens is 388 g/mol. The molecule has 156 valence electrons. The number of sulfonamides is 1. The lowest BCUT2D eigenvalue weighted by atomic mass is 9.99. The van der Waals surface area contributed by atoms with Gasteiger partial charge in [-0.3, -0.25) is 0 Å². The molecule has 1 heterocycles. The van der Waals surface area contributed by atoms with Gasteiger partial charge in [-0.05, 0) is 61.1 Å². The van der Waals surface area contributed by atoms with E-state index >= 15 is 0 Å². The molecule has 1 unspecified atom stereocenters. The summed E-state index contributed by atoms with van der Waals surface area (Å²) >= 11 is 0. The van der Waals surface area contributed by atoms with Crippen LogP contribution in [0.3, 0.4) is 0 Å². The van der Waals surface area contributed by atoms with E-state index in [1.54, 1.807) is 13.0 Å². The number of anilines is 1. The predicted octanol–water partition coefficient (Wildman–Crippen LogP) is 3.50. The van der Waals surface area contributed by atoms with Crippen LogP contribution in [-0.4, -0.2) is 34.6 Å². The van der Waals surface area contributed by atoms with Gasteiger partial charge in [-0.15, -0.1) is 0 Å². The molecule has 0 radical (unpaired) electrons. The Hall–Kier alpha value is -2.38. The number of aryl methyl sites for hydroxylation is 1. The van der Waals surface area contributed by atoms with Crippen molar-refractivity contribution in [1.29, 1.82) is 0 Å². The predicted molar refractivity (Wildman–Crippen MR) is 114 cm³/mol. The normalized spacial score (nSPS) is 17.2. The third-order valence-electron chi connectivity index (χ3n) is 5.35. The number of hydrogen-bond acceptors (Lipinski definition) is 5. The molecule has 0 spiro atoms. The molecule has 6 nitrogen and oxygen atoms in total. The first kappa shape index (κ1) is 21.3. The first-order valence-corrected chi connectivity index (χ1v) is 11.3. The minimum atomic E-state index is -3.75. The standard InChI is InChI=1S/C22H28N2O4S/c1-16-5-4-12-24(15-16)19-9-7-18(8-10-19)14-23-29(26,27)20-11-6-17(2)21(13-20)22(25)28-3/h6-11,13,16,23H,4-5,12,14-15H2,1-3H3. The Kier molecular flexibility index (Phi) is 6.59. The second-order valence-electron chi connectivity index (χ2n) is 7.65. The highest BCUT2D eigenvalue weighted by Crippen LogP contribution is 2.23. The van der Waals surface area contributed by atoms with Crippen molar-refractivity contribution in [3.63, 3.8) is 0 Å². The van der Waals surface area contributed by atoms with E-state index in [4.69, 9.17) is 4.74 Å². The van der Waals surface area contributed by atoms with Crippen LogP contribution in [0.15, 0.2) is 47.4 Å². The Bertz CT molecular complexity index is 971. The zero-order valence-corrected chi connectivity index (χ0v) is 18.0. The average Bonchev–Trinajstić information content (AvgIpc) is 2.72. The first-order valence-electron chi connectivity index (χ1n) is 9.82. The molecule has 3 rings (SSSR count). The van der Waals surface area contributed by atoms with Crippen molar-refractivity contribution >= 4 is 21.7 Å². The van der Waals surface area contributed by atoms with Crippen LogP contribution in [0.5, 0.6) is 0 Å². The molecule has 7 heteroatoms. The molecule has 2 aromatic rings. The lowest BCUT2D eigenvalue weighted by Crippen LogP contribution is -2.34. The summed E-state index contributed by atoms with van der Waals surface area (Å²) in [7, 11) is -2.47. The summed E-state index contributed by atoms with van der Waals surface area (Å²) in [6, 6.07) is 12.4. The van der Waals surface area contributed by atoms with Gasteiger partial charge in [0.25, 0.3) is 0 Å². The van der Waals surface area contributed by atoms with E-state index in [1.165, 1.54) is 37.8 Å². The van der Waals surface area contributed by atoms with Crippen LogP contribution in [0.2, 0.25) is 0 Å². The fourth-order valence-electron chi connectivity index (χ4n) is 3.61. The maximum Gasteiger partial charge on any atom is 0.338 e. The molecule has 0 amide bonds. The highest BCUT2D eigenvalue weighted by atomic mass is 32.2. The largest absolute Gasteiger partial charge is 0.465 e. The number of rotatable bonds is 6. The quantitative estimate of drug-likeness (QED) is 0.730. The van der Waals surface area contributed by atoms with Crippen molar-refractivity contribution in [1.82, 2.24) is 4.72 Å². The van der Waals surface area contributed by atoms with Crippen molar-refractivity contribution in [3.05, 3.63) is 59.2 Å². The molecular formula is C22H28N2O4S. The minimum Gasteiger partial charge on any atom is -0.465 e. The summed E-state index contributed by atoms with van der Waals surface area (Å²) in [5, 5.41) is 0. The third kappa shape index (κ3) is 5.16. The number of methoxy groups -OCH3 is 1. The molecule has 1 aliphatic heterocycles. The van der Waals surface area contributed by atoms with Gasteiger partial charge in [0.2, 0.25) is 10.0 Å². The van der Waals surface area contributed by atoms with Gasteiger partial charge >= 0.3 is 5.97 Å². The molecule has 1 atom stereocenters. The Morgan fingerprint density at radius 2 is 1.93 bits per heavy atom. The Balaban J connectivity index is 1.68. The number of hydrogen-bond donors (Lipinski definition) is 1. The van der Waals surface area contributed by atoms with Gasteiger partial charge in [0, 0.05) is 25.3 Å². The molecule has 1 N–H and O–H groups in total. The Morgan fingerprint density at radius 3 is 2.59 bits per heavy atom. The lowest BCUT2D eigenvalue weighted by Gasteiger charge is -2.32. The molecule has 29 heavy (non-hydrogen) atoms. The number of benzene rings is 2. The zero-order chi connectivity index (χ0) is 21.0. The van der Waals surface area contributed by atoms with Crippen LogP contribution in [0.1, 0.15) is 41.3 Å². The van der Waals surface area contributed by atoms with E-state index in [2.05, 4.69) is 16.5 Å². The van der Waals surface area contributed by atoms with Crippen LogP contribution in [0.25, 0.3) is 0 Å². The second-order valence-corrected chi connectivity index (χ2v) is 9.42. The summed E-state index contributed by atoms with van der Waals surface area (Å²) < 4.78 is 32.6. The number of nitrogens with zero attached hydrogens (tertiary/aromatic N) is 1. The molecule has 0 aliphatic carbocycles. The number of carbonyl (C=O) groups is 1. The van der Waals surface area contributed by atoms with Gasteiger partial charge < -0.3 is 9.64 Å². The molecule has 0 bridgehead atoms. The van der Waals surface area contributed by atoms with Gasteiger partial charge in [-0.2, -0.15) is 0 Å². The fourth-order valence-corrected chi connectivity index (χ4v) is 4.65. The average molecular weight is 417 g/mol.